The zero-order valence-electron chi connectivity index (χ0n) is 12.2. The number of nitrogens with one attached hydrogen (secondary N) is 1. The molecule has 1 aliphatic rings. The summed E-state index contributed by atoms with van der Waals surface area (Å²) in [5, 5.41) is 12.0. The summed E-state index contributed by atoms with van der Waals surface area (Å²) < 4.78 is 2.05. The molecule has 0 bridgehead atoms. The highest BCUT2D eigenvalue weighted by molar-refractivity contribution is 5.42. The van der Waals surface area contributed by atoms with Gasteiger partial charge in [0.2, 0.25) is 0 Å². The van der Waals surface area contributed by atoms with Gasteiger partial charge >= 0.3 is 0 Å². The average Bonchev–Trinajstić information content (AvgIpc) is 2.88. The van der Waals surface area contributed by atoms with Crippen molar-refractivity contribution in [1.82, 2.24) is 20.3 Å². The lowest BCUT2D eigenvalue weighted by Crippen LogP contribution is -2.34. The Kier molecular flexibility index (Phi) is 3.83. The van der Waals surface area contributed by atoms with Gasteiger partial charge in [-0.25, -0.2) is 4.68 Å². The Bertz CT molecular complexity index is 575. The van der Waals surface area contributed by atoms with Gasteiger partial charge in [-0.3, -0.25) is 0 Å². The molecular weight excluding hydrogens is 248 g/mol. The van der Waals surface area contributed by atoms with E-state index in [0.717, 1.165) is 25.9 Å². The van der Waals surface area contributed by atoms with Gasteiger partial charge in [0.15, 0.2) is 0 Å². The molecule has 4 heteroatoms. The third kappa shape index (κ3) is 2.24. The standard InChI is InChI=1S/C16H22N4/c1-3-9-20-15(11-18-19-20)16(17-4-2)14-10-12-7-5-6-8-13(12)14/h5-8,11,14,16-17H,3-4,9-10H2,1-2H3. The van der Waals surface area contributed by atoms with Crippen molar-refractivity contribution >= 4 is 0 Å². The summed E-state index contributed by atoms with van der Waals surface area (Å²) in [6.07, 6.45) is 4.14. The second-order valence-electron chi connectivity index (χ2n) is 5.43. The van der Waals surface area contributed by atoms with Gasteiger partial charge < -0.3 is 5.32 Å². The summed E-state index contributed by atoms with van der Waals surface area (Å²) in [5.74, 6) is 0.542. The minimum Gasteiger partial charge on any atom is -0.308 e. The topological polar surface area (TPSA) is 42.7 Å². The molecule has 2 aromatic rings. The van der Waals surface area contributed by atoms with Crippen LogP contribution in [0.2, 0.25) is 0 Å². The monoisotopic (exact) mass is 270 g/mol. The zero-order valence-corrected chi connectivity index (χ0v) is 12.2. The number of rotatable bonds is 6. The Hall–Kier alpha value is -1.68. The van der Waals surface area contributed by atoms with Gasteiger partial charge in [0, 0.05) is 12.5 Å². The number of likely N-dealkylation sites (N-methyl/N-ethyl adjacent to an activating group) is 1. The molecule has 1 aromatic carbocycles. The third-order valence-corrected chi connectivity index (χ3v) is 4.12. The molecule has 0 amide bonds. The van der Waals surface area contributed by atoms with Crippen LogP contribution in [0.1, 0.15) is 49.0 Å². The minimum absolute atomic E-state index is 0.316. The Morgan fingerprint density at radius 2 is 2.20 bits per heavy atom. The fourth-order valence-corrected chi connectivity index (χ4v) is 3.16. The molecule has 0 spiro atoms. The van der Waals surface area contributed by atoms with Crippen LogP contribution in [0.15, 0.2) is 30.5 Å². The number of aryl methyl sites for hydroxylation is 1. The Balaban J connectivity index is 1.89. The molecule has 1 heterocycles. The van der Waals surface area contributed by atoms with E-state index in [9.17, 15) is 0 Å². The van der Waals surface area contributed by atoms with E-state index in [4.69, 9.17) is 0 Å². The first kappa shape index (κ1) is 13.3. The van der Waals surface area contributed by atoms with E-state index in [2.05, 4.69) is 53.7 Å². The van der Waals surface area contributed by atoms with Crippen molar-refractivity contribution in [2.75, 3.05) is 6.54 Å². The Morgan fingerprint density at radius 3 is 2.95 bits per heavy atom. The van der Waals surface area contributed by atoms with Crippen molar-refractivity contribution in [2.24, 2.45) is 0 Å². The molecule has 1 aliphatic carbocycles. The molecule has 106 valence electrons. The third-order valence-electron chi connectivity index (χ3n) is 4.12. The molecule has 1 N–H and O–H groups in total. The summed E-state index contributed by atoms with van der Waals surface area (Å²) >= 11 is 0. The highest BCUT2D eigenvalue weighted by Gasteiger charge is 2.34. The van der Waals surface area contributed by atoms with Crippen molar-refractivity contribution in [3.05, 3.63) is 47.3 Å². The van der Waals surface area contributed by atoms with Crippen LogP contribution in [0.3, 0.4) is 0 Å². The number of fused-ring (bicyclic) bond motifs is 1. The van der Waals surface area contributed by atoms with E-state index < -0.39 is 0 Å². The van der Waals surface area contributed by atoms with Crippen LogP contribution in [0.25, 0.3) is 0 Å². The number of hydrogen-bond acceptors (Lipinski definition) is 3. The first-order chi connectivity index (χ1) is 9.85. The lowest BCUT2D eigenvalue weighted by Gasteiger charge is -2.37. The predicted octanol–water partition coefficient (Wildman–Crippen LogP) is 2.68. The second-order valence-corrected chi connectivity index (χ2v) is 5.43. The smallest absolute Gasteiger partial charge is 0.0762 e. The number of hydrogen-bond donors (Lipinski definition) is 1. The number of nitrogens with zero attached hydrogens (tertiary/aromatic N) is 3. The molecule has 1 aromatic heterocycles. The van der Waals surface area contributed by atoms with Gasteiger partial charge in [-0.05, 0) is 30.5 Å². The first-order valence-electron chi connectivity index (χ1n) is 7.54. The van der Waals surface area contributed by atoms with Crippen LogP contribution in [0.4, 0.5) is 0 Å². The summed E-state index contributed by atoms with van der Waals surface area (Å²) in [5.41, 5.74) is 4.17. The number of benzene rings is 1. The van der Waals surface area contributed by atoms with Crippen LogP contribution < -0.4 is 5.32 Å². The maximum Gasteiger partial charge on any atom is 0.0762 e. The maximum atomic E-state index is 4.23. The number of aromatic nitrogens is 3. The summed E-state index contributed by atoms with van der Waals surface area (Å²) in [4.78, 5) is 0. The van der Waals surface area contributed by atoms with Crippen LogP contribution in [0.5, 0.6) is 0 Å². The van der Waals surface area contributed by atoms with E-state index in [1.807, 2.05) is 10.9 Å². The van der Waals surface area contributed by atoms with Gasteiger partial charge in [0.05, 0.1) is 17.9 Å². The minimum atomic E-state index is 0.316. The SMILES string of the molecule is CCCn1nncc1C(NCC)C1Cc2ccccc21. The molecule has 0 saturated heterocycles. The first-order valence-corrected chi connectivity index (χ1v) is 7.54. The van der Waals surface area contributed by atoms with E-state index in [1.54, 1.807) is 0 Å². The van der Waals surface area contributed by atoms with Gasteiger partial charge in [0.25, 0.3) is 0 Å². The van der Waals surface area contributed by atoms with Gasteiger partial charge in [-0.1, -0.05) is 43.3 Å². The van der Waals surface area contributed by atoms with Crippen molar-refractivity contribution < 1.29 is 0 Å². The molecular formula is C16H22N4. The lowest BCUT2D eigenvalue weighted by atomic mass is 9.72. The van der Waals surface area contributed by atoms with Crippen LogP contribution in [-0.4, -0.2) is 21.5 Å². The Labute approximate surface area is 120 Å². The van der Waals surface area contributed by atoms with Crippen molar-refractivity contribution in [2.45, 2.75) is 45.2 Å². The zero-order chi connectivity index (χ0) is 13.9. The van der Waals surface area contributed by atoms with Crippen LogP contribution in [-0.2, 0) is 13.0 Å². The fraction of sp³-hybridized carbons (Fsp3) is 0.500. The van der Waals surface area contributed by atoms with E-state index >= 15 is 0 Å². The molecule has 20 heavy (non-hydrogen) atoms. The molecule has 2 atom stereocenters. The molecule has 0 fully saturated rings. The van der Waals surface area contributed by atoms with Crippen LogP contribution in [0, 0.1) is 0 Å². The Morgan fingerprint density at radius 1 is 1.35 bits per heavy atom. The van der Waals surface area contributed by atoms with Crippen molar-refractivity contribution in [3.63, 3.8) is 0 Å². The van der Waals surface area contributed by atoms with Crippen molar-refractivity contribution in [3.8, 4) is 0 Å². The van der Waals surface area contributed by atoms with Gasteiger partial charge in [-0.2, -0.15) is 0 Å². The molecule has 4 nitrogen and oxygen atoms in total. The van der Waals surface area contributed by atoms with E-state index in [1.165, 1.54) is 16.8 Å². The molecule has 0 aliphatic heterocycles. The van der Waals surface area contributed by atoms with E-state index in [-0.39, 0.29) is 0 Å². The van der Waals surface area contributed by atoms with E-state index in [0.29, 0.717) is 12.0 Å². The fourth-order valence-electron chi connectivity index (χ4n) is 3.16. The normalized spacial score (nSPS) is 18.4. The molecule has 0 saturated carbocycles. The second kappa shape index (κ2) is 5.75. The maximum absolute atomic E-state index is 4.23. The molecule has 0 radical (unpaired) electrons. The highest BCUT2D eigenvalue weighted by Crippen LogP contribution is 2.43. The average molecular weight is 270 g/mol. The lowest BCUT2D eigenvalue weighted by molar-refractivity contribution is 0.388. The quantitative estimate of drug-likeness (QED) is 0.877. The summed E-state index contributed by atoms with van der Waals surface area (Å²) in [6, 6.07) is 9.06. The largest absolute Gasteiger partial charge is 0.308 e. The van der Waals surface area contributed by atoms with Gasteiger partial charge in [0.1, 0.15) is 0 Å². The molecule has 3 rings (SSSR count). The van der Waals surface area contributed by atoms with Crippen molar-refractivity contribution in [1.29, 1.82) is 0 Å². The molecule has 2 unspecified atom stereocenters. The summed E-state index contributed by atoms with van der Waals surface area (Å²) in [6.45, 7) is 6.23. The summed E-state index contributed by atoms with van der Waals surface area (Å²) in [7, 11) is 0. The van der Waals surface area contributed by atoms with Crippen LogP contribution >= 0.6 is 0 Å². The predicted molar refractivity (Wildman–Crippen MR) is 79.6 cm³/mol. The van der Waals surface area contributed by atoms with Gasteiger partial charge in [-0.15, -0.1) is 5.10 Å². The highest BCUT2D eigenvalue weighted by atomic mass is 15.4.